The number of hydrogen-bond donors (Lipinski definition) is 2. The molecule has 1 aliphatic heterocycles. The Morgan fingerprint density at radius 1 is 1.53 bits per heavy atom. The van der Waals surface area contributed by atoms with Gasteiger partial charge in [0.1, 0.15) is 5.75 Å². The van der Waals surface area contributed by atoms with E-state index in [0.29, 0.717) is 18.7 Å². The van der Waals surface area contributed by atoms with Crippen molar-refractivity contribution in [3.05, 3.63) is 18.2 Å². The summed E-state index contributed by atoms with van der Waals surface area (Å²) >= 11 is 0. The second-order valence-corrected chi connectivity index (χ2v) is 3.53. The van der Waals surface area contributed by atoms with Crippen molar-refractivity contribution in [2.75, 3.05) is 23.3 Å². The number of phenols is 1. The Morgan fingerprint density at radius 2 is 2.33 bits per heavy atom. The fraction of sp³-hybridized carbons (Fsp3) is 0.364. The molecular formula is C11H14N2O2. The first-order valence-electron chi connectivity index (χ1n) is 5.09. The van der Waals surface area contributed by atoms with Crippen molar-refractivity contribution in [2.24, 2.45) is 0 Å². The van der Waals surface area contributed by atoms with Gasteiger partial charge in [0.2, 0.25) is 5.91 Å². The number of carbonyl (C=O) groups is 1. The zero-order valence-electron chi connectivity index (χ0n) is 8.66. The molecule has 1 amide bonds. The van der Waals surface area contributed by atoms with Crippen molar-refractivity contribution in [3.63, 3.8) is 0 Å². The molecule has 0 spiro atoms. The van der Waals surface area contributed by atoms with Crippen LogP contribution in [0.5, 0.6) is 5.75 Å². The number of aromatic hydroxyl groups is 1. The van der Waals surface area contributed by atoms with E-state index >= 15 is 0 Å². The Hall–Kier alpha value is -1.71. The van der Waals surface area contributed by atoms with E-state index < -0.39 is 0 Å². The number of nitrogens with zero attached hydrogens (tertiary/aromatic N) is 1. The summed E-state index contributed by atoms with van der Waals surface area (Å²) in [6.07, 6.45) is 0.578. The molecular weight excluding hydrogens is 192 g/mol. The van der Waals surface area contributed by atoms with Crippen LogP contribution in [0.1, 0.15) is 13.3 Å². The van der Waals surface area contributed by atoms with Crippen LogP contribution in [0.2, 0.25) is 0 Å². The first-order valence-corrected chi connectivity index (χ1v) is 5.09. The normalized spacial score (nSPS) is 15.0. The fourth-order valence-corrected chi connectivity index (χ4v) is 1.64. The number of anilines is 2. The van der Waals surface area contributed by atoms with E-state index in [0.717, 1.165) is 12.2 Å². The van der Waals surface area contributed by atoms with Crippen molar-refractivity contribution < 1.29 is 9.90 Å². The largest absolute Gasteiger partial charge is 0.506 e. The molecule has 0 unspecified atom stereocenters. The monoisotopic (exact) mass is 206 g/mol. The van der Waals surface area contributed by atoms with E-state index in [2.05, 4.69) is 5.32 Å². The molecule has 0 aliphatic carbocycles. The minimum Gasteiger partial charge on any atom is -0.506 e. The third kappa shape index (κ3) is 1.75. The van der Waals surface area contributed by atoms with Crippen LogP contribution < -0.4 is 10.2 Å². The molecule has 0 bridgehead atoms. The van der Waals surface area contributed by atoms with Crippen LogP contribution in [0.3, 0.4) is 0 Å². The van der Waals surface area contributed by atoms with Gasteiger partial charge in [0.25, 0.3) is 0 Å². The average molecular weight is 206 g/mol. The summed E-state index contributed by atoms with van der Waals surface area (Å²) in [6, 6.07) is 5.28. The van der Waals surface area contributed by atoms with Crippen molar-refractivity contribution in [1.29, 1.82) is 0 Å². The summed E-state index contributed by atoms with van der Waals surface area (Å²) in [5, 5.41) is 12.8. The maximum Gasteiger partial charge on any atom is 0.228 e. The minimum absolute atomic E-state index is 0.0708. The van der Waals surface area contributed by atoms with Crippen LogP contribution >= 0.6 is 0 Å². The number of carbonyl (C=O) groups excluding carboxylic acids is 1. The number of nitrogens with one attached hydrogen (secondary N) is 1. The van der Waals surface area contributed by atoms with Gasteiger partial charge in [-0.15, -0.1) is 0 Å². The van der Waals surface area contributed by atoms with Gasteiger partial charge in [-0.1, -0.05) is 0 Å². The molecule has 1 aliphatic rings. The molecule has 1 heterocycles. The molecule has 4 heteroatoms. The van der Waals surface area contributed by atoms with Gasteiger partial charge in [0.05, 0.1) is 5.69 Å². The highest BCUT2D eigenvalue weighted by Gasteiger charge is 2.27. The molecule has 1 saturated heterocycles. The highest BCUT2D eigenvalue weighted by Crippen LogP contribution is 2.33. The highest BCUT2D eigenvalue weighted by atomic mass is 16.3. The van der Waals surface area contributed by atoms with Crippen LogP contribution in [0.15, 0.2) is 18.2 Å². The third-order valence-corrected chi connectivity index (χ3v) is 2.50. The maximum absolute atomic E-state index is 11.2. The predicted molar refractivity (Wildman–Crippen MR) is 59.2 cm³/mol. The molecule has 0 saturated carbocycles. The molecule has 2 N–H and O–H groups in total. The van der Waals surface area contributed by atoms with Crippen LogP contribution in [-0.4, -0.2) is 24.1 Å². The van der Waals surface area contributed by atoms with Gasteiger partial charge in [-0.25, -0.2) is 0 Å². The lowest BCUT2D eigenvalue weighted by atomic mass is 10.1. The van der Waals surface area contributed by atoms with Gasteiger partial charge in [-0.05, 0) is 19.1 Å². The van der Waals surface area contributed by atoms with Gasteiger partial charge in [0, 0.05) is 31.3 Å². The lowest BCUT2D eigenvalue weighted by molar-refractivity contribution is -0.122. The number of β-lactam (4-membered cyclic amide) rings is 1. The Balaban J connectivity index is 2.22. The first kappa shape index (κ1) is 9.83. The Morgan fingerprint density at radius 3 is 2.80 bits per heavy atom. The van der Waals surface area contributed by atoms with Crippen LogP contribution in [0.25, 0.3) is 0 Å². The molecule has 1 fully saturated rings. The molecule has 1 aromatic rings. The Labute approximate surface area is 88.5 Å². The first-order chi connectivity index (χ1) is 7.22. The van der Waals surface area contributed by atoms with E-state index in [9.17, 15) is 9.90 Å². The summed E-state index contributed by atoms with van der Waals surface area (Å²) in [7, 11) is 0. The smallest absolute Gasteiger partial charge is 0.228 e. The van der Waals surface area contributed by atoms with Crippen molar-refractivity contribution in [3.8, 4) is 5.75 Å². The number of phenolic OH excluding ortho intramolecular Hbond substituents is 1. The van der Waals surface area contributed by atoms with Gasteiger partial charge in [-0.3, -0.25) is 4.79 Å². The molecule has 15 heavy (non-hydrogen) atoms. The maximum atomic E-state index is 11.2. The number of benzene rings is 1. The van der Waals surface area contributed by atoms with Gasteiger partial charge in [0.15, 0.2) is 0 Å². The summed E-state index contributed by atoms with van der Waals surface area (Å²) in [5.74, 6) is 0.225. The molecule has 2 rings (SSSR count). The van der Waals surface area contributed by atoms with E-state index in [1.54, 1.807) is 17.0 Å². The molecule has 4 nitrogen and oxygen atoms in total. The van der Waals surface area contributed by atoms with E-state index in [1.165, 1.54) is 0 Å². The number of rotatable bonds is 3. The summed E-state index contributed by atoms with van der Waals surface area (Å²) in [5.41, 5.74) is 1.47. The standard InChI is InChI=1S/C11H14N2O2/c1-2-12-8-3-4-9(10(14)7-8)13-6-5-11(13)15/h3-4,7,12,14H,2,5-6H2,1H3. The van der Waals surface area contributed by atoms with Gasteiger partial charge < -0.3 is 15.3 Å². The molecule has 0 radical (unpaired) electrons. The van der Waals surface area contributed by atoms with Crippen LogP contribution in [-0.2, 0) is 4.79 Å². The van der Waals surface area contributed by atoms with Crippen molar-refractivity contribution in [2.45, 2.75) is 13.3 Å². The zero-order chi connectivity index (χ0) is 10.8. The SMILES string of the molecule is CCNc1ccc(N2CCC2=O)c(O)c1. The topological polar surface area (TPSA) is 52.6 Å². The predicted octanol–water partition coefficient (Wildman–Crippen LogP) is 1.56. The summed E-state index contributed by atoms with van der Waals surface area (Å²) in [6.45, 7) is 3.50. The Kier molecular flexibility index (Phi) is 2.49. The Bertz CT molecular complexity index is 390. The van der Waals surface area contributed by atoms with Gasteiger partial charge >= 0.3 is 0 Å². The fourth-order valence-electron chi connectivity index (χ4n) is 1.64. The number of hydrogen-bond acceptors (Lipinski definition) is 3. The second kappa shape index (κ2) is 3.81. The van der Waals surface area contributed by atoms with Crippen LogP contribution in [0.4, 0.5) is 11.4 Å². The third-order valence-electron chi connectivity index (χ3n) is 2.50. The van der Waals surface area contributed by atoms with Gasteiger partial charge in [-0.2, -0.15) is 0 Å². The molecule has 0 atom stereocenters. The molecule has 0 aromatic heterocycles. The van der Waals surface area contributed by atoms with Crippen LogP contribution in [0, 0.1) is 0 Å². The lowest BCUT2D eigenvalue weighted by Gasteiger charge is -2.31. The van der Waals surface area contributed by atoms with E-state index in [1.807, 2.05) is 13.0 Å². The quantitative estimate of drug-likeness (QED) is 0.738. The summed E-state index contributed by atoms with van der Waals surface area (Å²) in [4.78, 5) is 12.8. The van der Waals surface area contributed by atoms with E-state index in [4.69, 9.17) is 0 Å². The second-order valence-electron chi connectivity index (χ2n) is 3.53. The minimum atomic E-state index is 0.0708. The number of amides is 1. The highest BCUT2D eigenvalue weighted by molar-refractivity contribution is 6.00. The average Bonchev–Trinajstić information content (AvgIpc) is 2.20. The summed E-state index contributed by atoms with van der Waals surface area (Å²) < 4.78 is 0. The molecule has 80 valence electrons. The lowest BCUT2D eigenvalue weighted by Crippen LogP contribution is -2.43. The van der Waals surface area contributed by atoms with Crippen molar-refractivity contribution >= 4 is 17.3 Å². The zero-order valence-corrected chi connectivity index (χ0v) is 8.66. The molecule has 1 aromatic carbocycles. The van der Waals surface area contributed by atoms with E-state index in [-0.39, 0.29) is 11.7 Å². The van der Waals surface area contributed by atoms with Crippen molar-refractivity contribution in [1.82, 2.24) is 0 Å².